The summed E-state index contributed by atoms with van der Waals surface area (Å²) in [5.74, 6) is 0.767. The Morgan fingerprint density at radius 2 is 1.79 bits per heavy atom. The van der Waals surface area contributed by atoms with E-state index in [-0.39, 0.29) is 10.8 Å². The Hall–Kier alpha value is -2.60. The molecule has 5 rings (SSSR count). The molecule has 39 heavy (non-hydrogen) atoms. The van der Waals surface area contributed by atoms with Crippen molar-refractivity contribution in [2.45, 2.75) is 62.8 Å². The third-order valence-electron chi connectivity index (χ3n) is 7.90. The van der Waals surface area contributed by atoms with Crippen molar-refractivity contribution in [3.8, 4) is 5.88 Å². The van der Waals surface area contributed by atoms with Gasteiger partial charge in [-0.1, -0.05) is 49.2 Å². The van der Waals surface area contributed by atoms with Crippen LogP contribution in [-0.2, 0) is 14.8 Å². The summed E-state index contributed by atoms with van der Waals surface area (Å²) in [4.78, 5) is 25.7. The minimum Gasteiger partial charge on any atom is -0.481 e. The summed E-state index contributed by atoms with van der Waals surface area (Å²) in [7, 11) is -2.06. The van der Waals surface area contributed by atoms with Gasteiger partial charge in [0, 0.05) is 31.7 Å². The molecule has 3 aromatic rings. The maximum absolute atomic E-state index is 13.5. The van der Waals surface area contributed by atoms with Crippen LogP contribution in [0.2, 0.25) is 0 Å². The number of rotatable bonds is 11. The number of likely N-dealkylation sites (tertiary alicyclic amines) is 1. The molecule has 1 amide bonds. The summed E-state index contributed by atoms with van der Waals surface area (Å²) >= 11 is 1.31. The van der Waals surface area contributed by atoms with Gasteiger partial charge in [0.05, 0.1) is 17.9 Å². The zero-order valence-corrected chi connectivity index (χ0v) is 24.4. The number of carbonyl (C=O) groups excluding carboxylic acids is 1. The number of aromatic nitrogens is 2. The number of amides is 1. The number of nitrogens with one attached hydrogen (secondary N) is 2. The molecule has 1 saturated heterocycles. The lowest BCUT2D eigenvalue weighted by Gasteiger charge is -2.42. The van der Waals surface area contributed by atoms with E-state index in [0.29, 0.717) is 45.8 Å². The predicted molar refractivity (Wildman–Crippen MR) is 154 cm³/mol. The van der Waals surface area contributed by atoms with Crippen molar-refractivity contribution in [3.05, 3.63) is 42.0 Å². The fourth-order valence-electron chi connectivity index (χ4n) is 5.48. The third kappa shape index (κ3) is 6.59. The highest BCUT2D eigenvalue weighted by Gasteiger charge is 2.30. The molecule has 2 fully saturated rings. The minimum absolute atomic E-state index is 0.138. The maximum atomic E-state index is 13.5. The van der Waals surface area contributed by atoms with E-state index in [9.17, 15) is 13.2 Å². The average Bonchev–Trinajstić information content (AvgIpc) is 3.55. The van der Waals surface area contributed by atoms with E-state index in [0.717, 1.165) is 37.9 Å². The fourth-order valence-corrected chi connectivity index (χ4v) is 7.43. The smallest absolute Gasteiger partial charge is 0.240 e. The normalized spacial score (nSPS) is 17.9. The summed E-state index contributed by atoms with van der Waals surface area (Å²) in [6.45, 7) is 6.55. The van der Waals surface area contributed by atoms with Crippen molar-refractivity contribution in [2.24, 2.45) is 11.8 Å². The van der Waals surface area contributed by atoms with Crippen molar-refractivity contribution < 1.29 is 17.9 Å². The molecule has 210 valence electrons. The fraction of sp³-hybridized carbons (Fsp3) is 0.536. The largest absolute Gasteiger partial charge is 0.481 e. The van der Waals surface area contributed by atoms with Gasteiger partial charge in [-0.05, 0) is 55.9 Å². The summed E-state index contributed by atoms with van der Waals surface area (Å²) < 4.78 is 33.8. The van der Waals surface area contributed by atoms with Crippen LogP contribution in [0, 0.1) is 11.8 Å². The summed E-state index contributed by atoms with van der Waals surface area (Å²) in [6.07, 6.45) is 5.31. The van der Waals surface area contributed by atoms with E-state index in [1.165, 1.54) is 24.2 Å². The van der Waals surface area contributed by atoms with E-state index in [1.807, 2.05) is 6.07 Å². The monoisotopic (exact) mass is 571 g/mol. The van der Waals surface area contributed by atoms with Gasteiger partial charge < -0.3 is 15.0 Å². The molecule has 1 unspecified atom stereocenters. The number of thiazole rings is 1. The van der Waals surface area contributed by atoms with Gasteiger partial charge in [0.1, 0.15) is 10.3 Å². The molecule has 0 radical (unpaired) electrons. The van der Waals surface area contributed by atoms with Gasteiger partial charge in [-0.2, -0.15) is 0 Å². The summed E-state index contributed by atoms with van der Waals surface area (Å²) in [5.41, 5.74) is 1.51. The Morgan fingerprint density at radius 1 is 1.08 bits per heavy atom. The number of fused-ring (bicyclic) bond motifs is 1. The first-order chi connectivity index (χ1) is 18.7. The van der Waals surface area contributed by atoms with Gasteiger partial charge in [-0.25, -0.2) is 23.1 Å². The van der Waals surface area contributed by atoms with Crippen LogP contribution in [0.25, 0.3) is 10.3 Å². The lowest BCUT2D eigenvalue weighted by atomic mass is 9.87. The number of anilines is 1. The highest BCUT2D eigenvalue weighted by atomic mass is 32.2. The predicted octanol–water partition coefficient (Wildman–Crippen LogP) is 4.62. The topological polar surface area (TPSA) is 114 Å². The molecule has 2 aliphatic rings. The lowest BCUT2D eigenvalue weighted by molar-refractivity contribution is -0.118. The van der Waals surface area contributed by atoms with Gasteiger partial charge in [-0.3, -0.25) is 4.79 Å². The number of hydrogen-bond acceptors (Lipinski definition) is 8. The highest BCUT2D eigenvalue weighted by Crippen LogP contribution is 2.36. The lowest BCUT2D eigenvalue weighted by Crippen LogP contribution is -2.53. The Kier molecular flexibility index (Phi) is 8.51. The molecule has 1 aromatic carbocycles. The van der Waals surface area contributed by atoms with Crippen molar-refractivity contribution in [2.75, 3.05) is 32.1 Å². The Morgan fingerprint density at radius 3 is 2.46 bits per heavy atom. The molecule has 1 atom stereocenters. The average molecular weight is 572 g/mol. The third-order valence-corrected chi connectivity index (χ3v) is 10.2. The quantitative estimate of drug-likeness (QED) is 0.345. The second-order valence-corrected chi connectivity index (χ2v) is 13.7. The van der Waals surface area contributed by atoms with Crippen LogP contribution < -0.4 is 14.8 Å². The van der Waals surface area contributed by atoms with Gasteiger partial charge in [0.25, 0.3) is 0 Å². The van der Waals surface area contributed by atoms with Crippen LogP contribution in [0.5, 0.6) is 5.88 Å². The first-order valence-electron chi connectivity index (χ1n) is 13.7. The molecule has 11 heteroatoms. The van der Waals surface area contributed by atoms with Crippen LogP contribution in [0.15, 0.2) is 41.3 Å². The zero-order valence-electron chi connectivity index (χ0n) is 22.7. The van der Waals surface area contributed by atoms with E-state index < -0.39 is 15.9 Å². The maximum Gasteiger partial charge on any atom is 0.240 e. The molecule has 9 nitrogen and oxygen atoms in total. The van der Waals surface area contributed by atoms with Crippen molar-refractivity contribution >= 4 is 42.7 Å². The number of sulfonamides is 1. The molecular formula is C28H37N5O4S2. The van der Waals surface area contributed by atoms with Crippen LogP contribution in [0.1, 0.15) is 57.4 Å². The minimum atomic E-state index is -3.62. The summed E-state index contributed by atoms with van der Waals surface area (Å²) in [5, 5.41) is 3.48. The van der Waals surface area contributed by atoms with Gasteiger partial charge >= 0.3 is 0 Å². The Balaban J connectivity index is 1.28. The molecule has 1 saturated carbocycles. The van der Waals surface area contributed by atoms with E-state index in [2.05, 4.69) is 38.8 Å². The molecule has 0 bridgehead atoms. The van der Waals surface area contributed by atoms with E-state index in [1.54, 1.807) is 37.4 Å². The first-order valence-corrected chi connectivity index (χ1v) is 16.0. The van der Waals surface area contributed by atoms with Gasteiger partial charge in [-0.15, -0.1) is 0 Å². The molecule has 1 aliphatic heterocycles. The SMILES string of the molecule is COc1ccc2nc(NC(=O)C(CC3CCCC3)c3ccc(S(=O)(=O)NCC4CN(C(C)C)C4)cc3)sc2n1. The van der Waals surface area contributed by atoms with Crippen LogP contribution in [0.3, 0.4) is 0 Å². The Bertz CT molecular complexity index is 1400. The second kappa shape index (κ2) is 11.9. The number of methoxy groups -OCH3 is 1. The number of carbonyl (C=O) groups is 1. The van der Waals surface area contributed by atoms with E-state index in [4.69, 9.17) is 4.74 Å². The highest BCUT2D eigenvalue weighted by molar-refractivity contribution is 7.89. The van der Waals surface area contributed by atoms with E-state index >= 15 is 0 Å². The van der Waals surface area contributed by atoms with Crippen molar-refractivity contribution in [1.82, 2.24) is 19.6 Å². The number of ether oxygens (including phenoxy) is 1. The standard InChI is InChI=1S/C28H37N5O4S2/c1-18(2)33-16-20(17-33)15-29-39(35,36)22-10-8-21(9-11-22)23(14-19-6-4-5-7-19)26(34)32-28-30-24-12-13-25(37-3)31-27(24)38-28/h8-13,18-20,23,29H,4-7,14-17H2,1-3H3,(H,30,32,34). The van der Waals surface area contributed by atoms with Gasteiger partial charge in [0.2, 0.25) is 21.8 Å². The van der Waals surface area contributed by atoms with Crippen molar-refractivity contribution in [3.63, 3.8) is 0 Å². The van der Waals surface area contributed by atoms with Crippen LogP contribution in [0.4, 0.5) is 5.13 Å². The molecule has 3 heterocycles. The molecule has 1 aliphatic carbocycles. The van der Waals surface area contributed by atoms with Crippen LogP contribution in [-0.4, -0.2) is 62.0 Å². The number of nitrogens with zero attached hydrogens (tertiary/aromatic N) is 3. The molecule has 2 N–H and O–H groups in total. The zero-order chi connectivity index (χ0) is 27.6. The molecule has 0 spiro atoms. The Labute approximate surface area is 234 Å². The molecule has 2 aromatic heterocycles. The number of pyridine rings is 1. The number of benzene rings is 1. The molecular weight excluding hydrogens is 534 g/mol. The first kappa shape index (κ1) is 27.9. The summed E-state index contributed by atoms with van der Waals surface area (Å²) in [6, 6.07) is 10.8. The van der Waals surface area contributed by atoms with Gasteiger partial charge in [0.15, 0.2) is 5.13 Å². The van der Waals surface area contributed by atoms with Crippen molar-refractivity contribution in [1.29, 1.82) is 0 Å². The number of hydrogen-bond donors (Lipinski definition) is 2. The van der Waals surface area contributed by atoms with Crippen LogP contribution >= 0.6 is 11.3 Å². The second-order valence-electron chi connectivity index (χ2n) is 11.0.